The van der Waals surface area contributed by atoms with Crippen LogP contribution in [0.25, 0.3) is 0 Å². The number of likely N-dealkylation sites (tertiary alicyclic amines) is 1. The lowest BCUT2D eigenvalue weighted by Crippen LogP contribution is -2.61. The molecule has 1 unspecified atom stereocenters. The lowest BCUT2D eigenvalue weighted by molar-refractivity contribution is -0.927. The van der Waals surface area contributed by atoms with Gasteiger partial charge in [-0.25, -0.2) is 4.79 Å². The van der Waals surface area contributed by atoms with Crippen molar-refractivity contribution in [1.29, 1.82) is 0 Å². The number of amides is 4. The number of nitrogens with one attached hydrogen (secondary N) is 1. The molecular formula is C24H33N4O3+. The first-order chi connectivity index (χ1) is 15.0. The number of hydrogen-bond acceptors (Lipinski definition) is 4. The van der Waals surface area contributed by atoms with Gasteiger partial charge in [-0.1, -0.05) is 49.6 Å². The fourth-order valence-electron chi connectivity index (χ4n) is 5.14. The molecule has 7 heteroatoms. The van der Waals surface area contributed by atoms with Gasteiger partial charge in [0.1, 0.15) is 6.54 Å². The van der Waals surface area contributed by atoms with E-state index in [4.69, 9.17) is 0 Å². The van der Waals surface area contributed by atoms with E-state index >= 15 is 0 Å². The van der Waals surface area contributed by atoms with Crippen molar-refractivity contribution in [2.24, 2.45) is 10.9 Å². The molecule has 1 atom stereocenters. The first-order valence-electron chi connectivity index (χ1n) is 11.5. The third kappa shape index (κ3) is 5.03. The third-order valence-electron chi connectivity index (χ3n) is 7.03. The van der Waals surface area contributed by atoms with E-state index in [1.807, 2.05) is 6.07 Å². The Labute approximate surface area is 184 Å². The first kappa shape index (κ1) is 21.7. The zero-order chi connectivity index (χ0) is 21.8. The molecule has 2 heterocycles. The van der Waals surface area contributed by atoms with Gasteiger partial charge in [0.25, 0.3) is 0 Å². The largest absolute Gasteiger partial charge is 0.331 e. The fourth-order valence-corrected chi connectivity index (χ4v) is 5.14. The summed E-state index contributed by atoms with van der Waals surface area (Å²) in [6.07, 6.45) is 8.13. The Morgan fingerprint density at radius 3 is 2.39 bits per heavy atom. The van der Waals surface area contributed by atoms with Crippen molar-refractivity contribution >= 4 is 24.1 Å². The third-order valence-corrected chi connectivity index (χ3v) is 7.03. The molecular weight excluding hydrogens is 392 g/mol. The molecule has 7 nitrogen and oxygen atoms in total. The summed E-state index contributed by atoms with van der Waals surface area (Å²) >= 11 is 0. The summed E-state index contributed by atoms with van der Waals surface area (Å²) in [4.78, 5) is 43.6. The van der Waals surface area contributed by atoms with Crippen LogP contribution < -0.4 is 5.32 Å². The Bertz CT molecular complexity index is 840. The Kier molecular flexibility index (Phi) is 6.51. The molecule has 166 valence electrons. The molecule has 0 spiro atoms. The van der Waals surface area contributed by atoms with E-state index in [0.717, 1.165) is 69.1 Å². The molecule has 31 heavy (non-hydrogen) atoms. The number of imide groups is 2. The molecule has 4 rings (SSSR count). The second-order valence-electron chi connectivity index (χ2n) is 9.51. The summed E-state index contributed by atoms with van der Waals surface area (Å²) < 4.78 is 0.975. The van der Waals surface area contributed by atoms with E-state index in [1.54, 1.807) is 0 Å². The summed E-state index contributed by atoms with van der Waals surface area (Å²) in [7, 11) is 2.28. The Morgan fingerprint density at radius 1 is 1.03 bits per heavy atom. The minimum absolute atomic E-state index is 0.101. The number of benzene rings is 1. The van der Waals surface area contributed by atoms with Crippen LogP contribution in [-0.4, -0.2) is 65.7 Å². The van der Waals surface area contributed by atoms with Gasteiger partial charge in [0, 0.05) is 30.7 Å². The molecule has 1 aliphatic carbocycles. The maximum atomic E-state index is 13.0. The van der Waals surface area contributed by atoms with Crippen LogP contribution in [0.5, 0.6) is 0 Å². The van der Waals surface area contributed by atoms with Crippen LogP contribution in [0.15, 0.2) is 35.3 Å². The molecule has 0 radical (unpaired) electrons. The van der Waals surface area contributed by atoms with E-state index in [1.165, 1.54) is 16.7 Å². The van der Waals surface area contributed by atoms with Crippen LogP contribution in [0.2, 0.25) is 0 Å². The van der Waals surface area contributed by atoms with Gasteiger partial charge in [0.2, 0.25) is 11.8 Å². The number of urea groups is 1. The van der Waals surface area contributed by atoms with E-state index in [0.29, 0.717) is 0 Å². The monoisotopic (exact) mass is 425 g/mol. The van der Waals surface area contributed by atoms with Gasteiger partial charge in [-0.05, 0) is 12.8 Å². The normalized spacial score (nSPS) is 30.6. The van der Waals surface area contributed by atoms with Crippen molar-refractivity contribution in [1.82, 2.24) is 10.2 Å². The van der Waals surface area contributed by atoms with Gasteiger partial charge >= 0.3 is 6.03 Å². The summed E-state index contributed by atoms with van der Waals surface area (Å²) in [6, 6.07) is 9.97. The molecule has 3 fully saturated rings. The number of quaternary nitrogens is 1. The van der Waals surface area contributed by atoms with E-state index in [9.17, 15) is 14.4 Å². The average molecular weight is 426 g/mol. The van der Waals surface area contributed by atoms with Crippen molar-refractivity contribution in [3.63, 3.8) is 0 Å². The predicted octanol–water partition coefficient (Wildman–Crippen LogP) is 2.89. The molecule has 3 aliphatic rings. The van der Waals surface area contributed by atoms with Gasteiger partial charge in [-0.3, -0.25) is 24.8 Å². The topological polar surface area (TPSA) is 78.8 Å². The lowest BCUT2D eigenvalue weighted by Gasteiger charge is -2.40. The van der Waals surface area contributed by atoms with Gasteiger partial charge in [0.05, 0.1) is 26.2 Å². The highest BCUT2D eigenvalue weighted by atomic mass is 16.2. The highest BCUT2D eigenvalue weighted by molar-refractivity contribution is 6.23. The first-order valence-corrected chi connectivity index (χ1v) is 11.5. The van der Waals surface area contributed by atoms with Crippen LogP contribution in [0.4, 0.5) is 4.79 Å². The van der Waals surface area contributed by atoms with E-state index in [2.05, 4.69) is 41.6 Å². The van der Waals surface area contributed by atoms with E-state index < -0.39 is 23.8 Å². The highest BCUT2D eigenvalue weighted by Crippen LogP contribution is 2.26. The minimum atomic E-state index is -0.994. The van der Waals surface area contributed by atoms with Crippen LogP contribution in [0.3, 0.4) is 0 Å². The molecule has 2 aliphatic heterocycles. The number of carbonyl (C=O) groups excluding carboxylic acids is 3. The summed E-state index contributed by atoms with van der Waals surface area (Å²) in [5.74, 6) is -1.96. The average Bonchev–Trinajstić information content (AvgIpc) is 2.76. The van der Waals surface area contributed by atoms with Crippen molar-refractivity contribution in [3.05, 3.63) is 35.9 Å². The Morgan fingerprint density at radius 2 is 1.71 bits per heavy atom. The fraction of sp³-hybridized carbons (Fsp3) is 0.583. The maximum absolute atomic E-state index is 13.0. The quantitative estimate of drug-likeness (QED) is 0.448. The highest BCUT2D eigenvalue weighted by Gasteiger charge is 2.43. The zero-order valence-electron chi connectivity index (χ0n) is 18.3. The van der Waals surface area contributed by atoms with Crippen LogP contribution in [-0.2, 0) is 16.1 Å². The number of nitrogens with zero attached hydrogens (tertiary/aromatic N) is 3. The molecule has 1 N–H and O–H groups in total. The smallest absolute Gasteiger partial charge is 0.322 e. The zero-order valence-corrected chi connectivity index (χ0v) is 18.3. The molecule has 1 aromatic rings. The van der Waals surface area contributed by atoms with Gasteiger partial charge in [0.15, 0.2) is 5.92 Å². The Balaban J connectivity index is 1.36. The summed E-state index contributed by atoms with van der Waals surface area (Å²) in [5.41, 5.74) is 1.34. The van der Waals surface area contributed by atoms with Crippen LogP contribution in [0, 0.1) is 5.92 Å². The second-order valence-corrected chi connectivity index (χ2v) is 9.51. The van der Waals surface area contributed by atoms with Gasteiger partial charge in [-0.15, -0.1) is 0 Å². The molecule has 1 aromatic carbocycles. The molecule has 0 bridgehead atoms. The van der Waals surface area contributed by atoms with Crippen molar-refractivity contribution in [2.75, 3.05) is 20.1 Å². The number of barbiturate groups is 1. The van der Waals surface area contributed by atoms with Crippen LogP contribution >= 0.6 is 0 Å². The number of aliphatic imine (C=N–C) groups is 1. The molecule has 1 saturated carbocycles. The lowest BCUT2D eigenvalue weighted by atomic mass is 9.92. The van der Waals surface area contributed by atoms with Gasteiger partial charge in [-0.2, -0.15) is 0 Å². The number of rotatable bonds is 5. The van der Waals surface area contributed by atoms with E-state index in [-0.39, 0.29) is 12.1 Å². The SMILES string of the molecule is C[N+]1(Cc2ccccc2)CCC(N=CC2C(=O)NC(=O)N(C3CCCCC3)C2=O)CC1. The Hall–Kier alpha value is -2.54. The van der Waals surface area contributed by atoms with Gasteiger partial charge < -0.3 is 4.48 Å². The number of piperidine rings is 1. The number of hydrogen-bond donors (Lipinski definition) is 1. The molecule has 0 aromatic heterocycles. The minimum Gasteiger partial charge on any atom is -0.322 e. The number of carbonyl (C=O) groups is 3. The van der Waals surface area contributed by atoms with Crippen molar-refractivity contribution in [3.8, 4) is 0 Å². The predicted molar refractivity (Wildman–Crippen MR) is 118 cm³/mol. The molecule has 2 saturated heterocycles. The summed E-state index contributed by atoms with van der Waals surface area (Å²) in [5, 5.41) is 2.37. The van der Waals surface area contributed by atoms with Crippen molar-refractivity contribution < 1.29 is 18.9 Å². The van der Waals surface area contributed by atoms with Crippen molar-refractivity contribution in [2.45, 2.75) is 63.6 Å². The van der Waals surface area contributed by atoms with Crippen LogP contribution in [0.1, 0.15) is 50.5 Å². The molecule has 4 amide bonds. The second kappa shape index (κ2) is 9.30. The maximum Gasteiger partial charge on any atom is 0.331 e. The standard InChI is InChI=1S/C24H32N4O3/c1-28(17-18-8-4-2-5-9-18)14-12-19(13-15-28)25-16-21-22(29)26-24(31)27(23(21)30)20-10-6-3-7-11-20/h2,4-5,8-9,16,19-21H,3,6-7,10-15,17H2,1H3/p+1. The summed E-state index contributed by atoms with van der Waals surface area (Å²) in [6.45, 7) is 3.02.